The number of benzene rings is 1. The second-order valence-corrected chi connectivity index (χ2v) is 4.89. The van der Waals surface area contributed by atoms with Crippen molar-refractivity contribution in [1.29, 1.82) is 5.26 Å². The third kappa shape index (κ3) is 2.96. The van der Waals surface area contributed by atoms with Crippen molar-refractivity contribution in [3.8, 4) is 6.07 Å². The molecule has 1 atom stereocenters. The summed E-state index contributed by atoms with van der Waals surface area (Å²) in [5.41, 5.74) is -0.0569. The highest BCUT2D eigenvalue weighted by atomic mass is 79.9. The highest BCUT2D eigenvalue weighted by molar-refractivity contribution is 9.10. The molecule has 17 heavy (non-hydrogen) atoms. The average Bonchev–Trinajstić information content (AvgIpc) is 2.35. The first-order valence-corrected chi connectivity index (χ1v) is 6.04. The fourth-order valence-corrected chi connectivity index (χ4v) is 1.73. The van der Waals surface area contributed by atoms with Crippen LogP contribution in [0, 0.1) is 17.1 Å². The Labute approximate surface area is 108 Å². The van der Waals surface area contributed by atoms with Gasteiger partial charge in [-0.3, -0.25) is 0 Å². The van der Waals surface area contributed by atoms with Crippen LogP contribution in [0.5, 0.6) is 0 Å². The lowest BCUT2D eigenvalue weighted by atomic mass is 9.99. The average molecular weight is 301 g/mol. The Bertz CT molecular complexity index is 453. The first kappa shape index (κ1) is 13.9. The van der Waals surface area contributed by atoms with Crippen molar-refractivity contribution in [3.05, 3.63) is 28.0 Å². The monoisotopic (exact) mass is 300 g/mol. The fourth-order valence-electron chi connectivity index (χ4n) is 1.30. The predicted molar refractivity (Wildman–Crippen MR) is 68.2 cm³/mol. The fraction of sp³-hybridized carbons (Fsp3) is 0.417. The maximum atomic E-state index is 13.9. The van der Waals surface area contributed by atoms with E-state index in [1.807, 2.05) is 13.0 Å². The van der Waals surface area contributed by atoms with E-state index in [2.05, 4.69) is 21.2 Å². The molecule has 0 radical (unpaired) electrons. The van der Waals surface area contributed by atoms with Gasteiger partial charge in [-0.15, -0.1) is 0 Å². The lowest BCUT2D eigenvalue weighted by molar-refractivity contribution is 0.218. The maximum Gasteiger partial charge on any atom is 0.161 e. The molecule has 3 nitrogen and oxygen atoms in total. The summed E-state index contributed by atoms with van der Waals surface area (Å²) in [7, 11) is 0. The molecule has 0 heterocycles. The van der Waals surface area contributed by atoms with Gasteiger partial charge < -0.3 is 10.4 Å². The molecule has 0 saturated carbocycles. The number of rotatable bonds is 4. The molecule has 0 saturated heterocycles. The number of aliphatic hydroxyl groups excluding tert-OH is 1. The molecule has 2 N–H and O–H groups in total. The molecular formula is C12H14BrFN2O. The van der Waals surface area contributed by atoms with Crippen molar-refractivity contribution < 1.29 is 9.50 Å². The van der Waals surface area contributed by atoms with Crippen LogP contribution in [-0.4, -0.2) is 17.3 Å². The largest absolute Gasteiger partial charge is 0.394 e. The highest BCUT2D eigenvalue weighted by Gasteiger charge is 2.23. The van der Waals surface area contributed by atoms with Crippen LogP contribution < -0.4 is 5.32 Å². The van der Waals surface area contributed by atoms with Gasteiger partial charge in [0, 0.05) is 0 Å². The molecule has 0 spiro atoms. The van der Waals surface area contributed by atoms with Crippen molar-refractivity contribution in [1.82, 2.24) is 0 Å². The number of anilines is 1. The summed E-state index contributed by atoms with van der Waals surface area (Å²) in [5, 5.41) is 21.0. The van der Waals surface area contributed by atoms with Crippen LogP contribution in [-0.2, 0) is 0 Å². The topological polar surface area (TPSA) is 56.0 Å². The second kappa shape index (κ2) is 5.48. The summed E-state index contributed by atoms with van der Waals surface area (Å²) in [6.07, 6.45) is 0.653. The predicted octanol–water partition coefficient (Wildman–Crippen LogP) is 3.03. The molecule has 0 bridgehead atoms. The van der Waals surface area contributed by atoms with Crippen LogP contribution in [0.4, 0.5) is 10.1 Å². The van der Waals surface area contributed by atoms with Gasteiger partial charge in [0.2, 0.25) is 0 Å². The summed E-state index contributed by atoms with van der Waals surface area (Å²) >= 11 is 3.04. The standard InChI is InChI=1S/C12H14BrFN2O/c1-3-12(2,7-17)16-9-5-4-8(6-15)10(13)11(9)14/h4-5,16-17H,3,7H2,1-2H3. The summed E-state index contributed by atoms with van der Waals surface area (Å²) < 4.78 is 14.1. The van der Waals surface area contributed by atoms with Crippen LogP contribution in [0.1, 0.15) is 25.8 Å². The number of hydrogen-bond acceptors (Lipinski definition) is 3. The van der Waals surface area contributed by atoms with E-state index in [0.29, 0.717) is 6.42 Å². The van der Waals surface area contributed by atoms with Gasteiger partial charge in [-0.2, -0.15) is 5.26 Å². The lowest BCUT2D eigenvalue weighted by Crippen LogP contribution is -2.38. The van der Waals surface area contributed by atoms with Gasteiger partial charge in [0.1, 0.15) is 6.07 Å². The SMILES string of the molecule is CCC(C)(CO)Nc1ccc(C#N)c(Br)c1F. The van der Waals surface area contributed by atoms with Crippen LogP contribution in [0.25, 0.3) is 0 Å². The minimum atomic E-state index is -0.575. The van der Waals surface area contributed by atoms with Crippen LogP contribution in [0.2, 0.25) is 0 Å². The van der Waals surface area contributed by atoms with E-state index in [4.69, 9.17) is 5.26 Å². The Morgan fingerprint density at radius 2 is 2.24 bits per heavy atom. The Morgan fingerprint density at radius 3 is 2.71 bits per heavy atom. The zero-order valence-corrected chi connectivity index (χ0v) is 11.3. The van der Waals surface area contributed by atoms with E-state index in [1.54, 1.807) is 6.92 Å². The highest BCUT2D eigenvalue weighted by Crippen LogP contribution is 2.29. The van der Waals surface area contributed by atoms with Gasteiger partial charge >= 0.3 is 0 Å². The molecule has 0 aliphatic heterocycles. The zero-order chi connectivity index (χ0) is 13.1. The van der Waals surface area contributed by atoms with E-state index in [9.17, 15) is 9.50 Å². The molecule has 0 aliphatic carbocycles. The Morgan fingerprint density at radius 1 is 1.59 bits per heavy atom. The van der Waals surface area contributed by atoms with Crippen LogP contribution >= 0.6 is 15.9 Å². The third-order valence-corrected chi connectivity index (χ3v) is 3.54. The van der Waals surface area contributed by atoms with Gasteiger partial charge in [0.15, 0.2) is 5.82 Å². The van der Waals surface area contributed by atoms with Crippen molar-refractivity contribution in [3.63, 3.8) is 0 Å². The van der Waals surface area contributed by atoms with Crippen molar-refractivity contribution in [2.45, 2.75) is 25.8 Å². The van der Waals surface area contributed by atoms with E-state index >= 15 is 0 Å². The molecular weight excluding hydrogens is 287 g/mol. The number of nitrogens with one attached hydrogen (secondary N) is 1. The summed E-state index contributed by atoms with van der Waals surface area (Å²) in [5.74, 6) is -0.517. The minimum absolute atomic E-state index is 0.0967. The Kier molecular flexibility index (Phi) is 4.49. The molecule has 1 aromatic carbocycles. The molecule has 0 aromatic heterocycles. The molecule has 1 rings (SSSR count). The van der Waals surface area contributed by atoms with Gasteiger partial charge in [-0.25, -0.2) is 4.39 Å². The number of nitriles is 1. The van der Waals surface area contributed by atoms with E-state index in [-0.39, 0.29) is 22.3 Å². The zero-order valence-electron chi connectivity index (χ0n) is 9.72. The first-order valence-electron chi connectivity index (χ1n) is 5.24. The minimum Gasteiger partial charge on any atom is -0.394 e. The molecule has 0 aliphatic rings. The first-order chi connectivity index (χ1) is 7.97. The van der Waals surface area contributed by atoms with E-state index in [1.165, 1.54) is 12.1 Å². The Hall–Kier alpha value is -1.12. The molecule has 92 valence electrons. The molecule has 0 amide bonds. The molecule has 0 fully saturated rings. The summed E-state index contributed by atoms with van der Waals surface area (Å²) in [6, 6.07) is 4.92. The third-order valence-electron chi connectivity index (χ3n) is 2.77. The molecule has 1 unspecified atom stereocenters. The van der Waals surface area contributed by atoms with Crippen molar-refractivity contribution in [2.24, 2.45) is 0 Å². The van der Waals surface area contributed by atoms with Gasteiger partial charge in [0.25, 0.3) is 0 Å². The second-order valence-electron chi connectivity index (χ2n) is 4.10. The maximum absolute atomic E-state index is 13.9. The van der Waals surface area contributed by atoms with E-state index < -0.39 is 11.4 Å². The van der Waals surface area contributed by atoms with Crippen molar-refractivity contribution in [2.75, 3.05) is 11.9 Å². The quantitative estimate of drug-likeness (QED) is 0.898. The normalized spacial score (nSPS) is 13.9. The van der Waals surface area contributed by atoms with Crippen molar-refractivity contribution >= 4 is 21.6 Å². The Balaban J connectivity index is 3.10. The molecule has 1 aromatic rings. The summed E-state index contributed by atoms with van der Waals surface area (Å²) in [4.78, 5) is 0. The smallest absolute Gasteiger partial charge is 0.161 e. The molecule has 5 heteroatoms. The van der Waals surface area contributed by atoms with Gasteiger partial charge in [-0.1, -0.05) is 6.92 Å². The number of aliphatic hydroxyl groups is 1. The van der Waals surface area contributed by atoms with Crippen LogP contribution in [0.3, 0.4) is 0 Å². The van der Waals surface area contributed by atoms with E-state index in [0.717, 1.165) is 0 Å². The summed E-state index contributed by atoms with van der Waals surface area (Å²) in [6.45, 7) is 3.61. The van der Waals surface area contributed by atoms with Gasteiger partial charge in [0.05, 0.1) is 27.9 Å². The van der Waals surface area contributed by atoms with Gasteiger partial charge in [-0.05, 0) is 41.4 Å². The van der Waals surface area contributed by atoms with Crippen LogP contribution in [0.15, 0.2) is 16.6 Å². The number of nitrogens with zero attached hydrogens (tertiary/aromatic N) is 1. The number of halogens is 2. The lowest BCUT2D eigenvalue weighted by Gasteiger charge is -2.28. The number of hydrogen-bond donors (Lipinski definition) is 2.